The monoisotopic (exact) mass is 636 g/mol. The standard InChI is InChI=1S/C41H81NO3/c1-3-5-7-9-11-13-15-16-17-18-19-20-21-22-23-24-25-26-27-29-31-33-35-37-41(45)42-39(38-43)40(44)36-34-32-30-28-14-12-10-8-6-4-2/h34,36,39-40,43-44H,3-33,35,37-38H2,1-2H3,(H,42,45)/b36-34+. The van der Waals surface area contributed by atoms with Crippen molar-refractivity contribution in [1.82, 2.24) is 5.32 Å². The fourth-order valence-corrected chi connectivity index (χ4v) is 6.35. The number of carbonyl (C=O) groups excluding carboxylic acids is 1. The maximum atomic E-state index is 12.3. The molecule has 0 spiro atoms. The Kier molecular flexibility index (Phi) is 36.9. The van der Waals surface area contributed by atoms with Crippen LogP contribution in [0.1, 0.15) is 226 Å². The minimum Gasteiger partial charge on any atom is -0.394 e. The van der Waals surface area contributed by atoms with E-state index in [-0.39, 0.29) is 12.5 Å². The Morgan fingerprint density at radius 3 is 1.16 bits per heavy atom. The van der Waals surface area contributed by atoms with Crippen LogP contribution in [0.3, 0.4) is 0 Å². The summed E-state index contributed by atoms with van der Waals surface area (Å²) in [4.78, 5) is 12.3. The maximum absolute atomic E-state index is 12.3. The Bertz CT molecular complexity index is 608. The highest BCUT2D eigenvalue weighted by atomic mass is 16.3. The zero-order valence-electron chi connectivity index (χ0n) is 30.7. The first kappa shape index (κ1) is 44.1. The highest BCUT2D eigenvalue weighted by molar-refractivity contribution is 5.76. The summed E-state index contributed by atoms with van der Waals surface area (Å²) in [5, 5.41) is 22.9. The summed E-state index contributed by atoms with van der Waals surface area (Å²) in [5.74, 6) is -0.0620. The second-order valence-electron chi connectivity index (χ2n) is 14.1. The highest BCUT2D eigenvalue weighted by Gasteiger charge is 2.17. The lowest BCUT2D eigenvalue weighted by Crippen LogP contribution is -2.45. The first-order valence-corrected chi connectivity index (χ1v) is 20.4. The zero-order chi connectivity index (χ0) is 32.9. The summed E-state index contributed by atoms with van der Waals surface area (Å²) in [6.07, 6.45) is 46.0. The molecule has 0 bridgehead atoms. The van der Waals surface area contributed by atoms with Gasteiger partial charge in [-0.25, -0.2) is 0 Å². The van der Waals surface area contributed by atoms with Crippen LogP contribution in [-0.4, -0.2) is 34.9 Å². The molecule has 0 saturated carbocycles. The second-order valence-corrected chi connectivity index (χ2v) is 14.1. The van der Waals surface area contributed by atoms with Gasteiger partial charge in [0.25, 0.3) is 0 Å². The minimum absolute atomic E-state index is 0.0620. The molecule has 0 aliphatic heterocycles. The Labute approximate surface area is 282 Å². The predicted octanol–water partition coefficient (Wildman–Crippen LogP) is 12.3. The molecule has 1 amide bonds. The van der Waals surface area contributed by atoms with Crippen molar-refractivity contribution in [3.8, 4) is 0 Å². The molecular formula is C41H81NO3. The summed E-state index contributed by atoms with van der Waals surface area (Å²) < 4.78 is 0. The van der Waals surface area contributed by atoms with E-state index in [9.17, 15) is 15.0 Å². The lowest BCUT2D eigenvalue weighted by Gasteiger charge is -2.20. The Morgan fingerprint density at radius 2 is 0.822 bits per heavy atom. The topological polar surface area (TPSA) is 69.6 Å². The lowest BCUT2D eigenvalue weighted by atomic mass is 10.0. The number of aliphatic hydroxyl groups is 2. The molecule has 4 heteroatoms. The number of aliphatic hydroxyl groups excluding tert-OH is 2. The van der Waals surface area contributed by atoms with Crippen molar-refractivity contribution in [3.05, 3.63) is 12.2 Å². The first-order chi connectivity index (χ1) is 22.2. The van der Waals surface area contributed by atoms with Crippen LogP contribution in [0.25, 0.3) is 0 Å². The van der Waals surface area contributed by atoms with E-state index in [4.69, 9.17) is 0 Å². The molecule has 2 atom stereocenters. The van der Waals surface area contributed by atoms with Crippen molar-refractivity contribution < 1.29 is 15.0 Å². The maximum Gasteiger partial charge on any atom is 0.220 e. The summed E-state index contributed by atoms with van der Waals surface area (Å²) in [5.41, 5.74) is 0. The van der Waals surface area contributed by atoms with Gasteiger partial charge in [0.2, 0.25) is 5.91 Å². The van der Waals surface area contributed by atoms with Crippen LogP contribution >= 0.6 is 0 Å². The smallest absolute Gasteiger partial charge is 0.220 e. The van der Waals surface area contributed by atoms with Crippen LogP contribution in [0.5, 0.6) is 0 Å². The average molecular weight is 636 g/mol. The number of rotatable bonds is 37. The Morgan fingerprint density at radius 1 is 0.511 bits per heavy atom. The molecule has 0 rings (SSSR count). The van der Waals surface area contributed by atoms with Crippen LogP contribution in [-0.2, 0) is 4.79 Å². The van der Waals surface area contributed by atoms with E-state index >= 15 is 0 Å². The molecule has 0 aliphatic carbocycles. The van der Waals surface area contributed by atoms with E-state index in [0.29, 0.717) is 6.42 Å². The van der Waals surface area contributed by atoms with Crippen molar-refractivity contribution >= 4 is 5.91 Å². The van der Waals surface area contributed by atoms with Crippen molar-refractivity contribution in [2.75, 3.05) is 6.61 Å². The largest absolute Gasteiger partial charge is 0.394 e. The van der Waals surface area contributed by atoms with E-state index in [1.54, 1.807) is 6.08 Å². The molecule has 0 heterocycles. The molecule has 268 valence electrons. The van der Waals surface area contributed by atoms with Gasteiger partial charge in [0, 0.05) is 6.42 Å². The minimum atomic E-state index is -0.831. The van der Waals surface area contributed by atoms with Crippen molar-refractivity contribution in [1.29, 1.82) is 0 Å². The molecule has 0 aliphatic rings. The molecule has 0 radical (unpaired) electrons. The number of nitrogens with one attached hydrogen (secondary N) is 1. The van der Waals surface area contributed by atoms with Gasteiger partial charge < -0.3 is 15.5 Å². The molecule has 0 aromatic carbocycles. The van der Waals surface area contributed by atoms with E-state index < -0.39 is 12.1 Å². The SMILES string of the molecule is CCCCCCCCCC/C=C/C(O)C(CO)NC(=O)CCCCCCCCCCCCCCCCCCCCCCCCC. The van der Waals surface area contributed by atoms with Crippen molar-refractivity contribution in [2.45, 2.75) is 238 Å². The van der Waals surface area contributed by atoms with Crippen LogP contribution in [0, 0.1) is 0 Å². The molecule has 0 aromatic rings. The third-order valence-corrected chi connectivity index (χ3v) is 9.52. The molecule has 45 heavy (non-hydrogen) atoms. The summed E-state index contributed by atoms with van der Waals surface area (Å²) in [7, 11) is 0. The molecule has 0 saturated heterocycles. The normalized spacial score (nSPS) is 13.1. The molecule has 2 unspecified atom stereocenters. The van der Waals surface area contributed by atoms with Gasteiger partial charge >= 0.3 is 0 Å². The summed E-state index contributed by atoms with van der Waals surface area (Å²) >= 11 is 0. The number of amides is 1. The van der Waals surface area contributed by atoms with Gasteiger partial charge in [-0.15, -0.1) is 0 Å². The molecular weight excluding hydrogens is 554 g/mol. The van der Waals surface area contributed by atoms with Crippen LogP contribution < -0.4 is 5.32 Å². The lowest BCUT2D eigenvalue weighted by molar-refractivity contribution is -0.123. The van der Waals surface area contributed by atoms with Gasteiger partial charge in [-0.2, -0.15) is 0 Å². The van der Waals surface area contributed by atoms with Gasteiger partial charge in [0.1, 0.15) is 0 Å². The van der Waals surface area contributed by atoms with Gasteiger partial charge in [-0.05, 0) is 19.3 Å². The van der Waals surface area contributed by atoms with E-state index in [1.165, 1.54) is 180 Å². The van der Waals surface area contributed by atoms with Gasteiger partial charge in [0.15, 0.2) is 0 Å². The van der Waals surface area contributed by atoms with Crippen molar-refractivity contribution in [3.63, 3.8) is 0 Å². The van der Waals surface area contributed by atoms with Gasteiger partial charge in [-0.3, -0.25) is 4.79 Å². The van der Waals surface area contributed by atoms with Crippen LogP contribution in [0.15, 0.2) is 12.2 Å². The Hall–Kier alpha value is -0.870. The number of carbonyl (C=O) groups is 1. The Balaban J connectivity index is 3.46. The number of allylic oxidation sites excluding steroid dienone is 1. The number of hydrogen-bond donors (Lipinski definition) is 3. The van der Waals surface area contributed by atoms with E-state index in [1.807, 2.05) is 6.08 Å². The average Bonchev–Trinajstić information content (AvgIpc) is 3.04. The number of unbranched alkanes of at least 4 members (excludes halogenated alkanes) is 30. The highest BCUT2D eigenvalue weighted by Crippen LogP contribution is 2.16. The van der Waals surface area contributed by atoms with E-state index in [0.717, 1.165) is 25.7 Å². The molecule has 0 fully saturated rings. The number of hydrogen-bond acceptors (Lipinski definition) is 3. The summed E-state index contributed by atoms with van der Waals surface area (Å²) in [6.45, 7) is 4.30. The third kappa shape index (κ3) is 34.3. The van der Waals surface area contributed by atoms with Crippen LogP contribution in [0.2, 0.25) is 0 Å². The fourth-order valence-electron chi connectivity index (χ4n) is 6.35. The van der Waals surface area contributed by atoms with Crippen LogP contribution in [0.4, 0.5) is 0 Å². The molecule has 3 N–H and O–H groups in total. The fraction of sp³-hybridized carbons (Fsp3) is 0.927. The van der Waals surface area contributed by atoms with E-state index in [2.05, 4.69) is 19.2 Å². The first-order valence-electron chi connectivity index (χ1n) is 20.4. The molecule has 4 nitrogen and oxygen atoms in total. The quantitative estimate of drug-likeness (QED) is 0.0470. The molecule has 0 aromatic heterocycles. The summed E-state index contributed by atoms with van der Waals surface area (Å²) in [6, 6.07) is -0.614. The third-order valence-electron chi connectivity index (χ3n) is 9.52. The second kappa shape index (κ2) is 37.6. The van der Waals surface area contributed by atoms with Gasteiger partial charge in [-0.1, -0.05) is 212 Å². The van der Waals surface area contributed by atoms with Gasteiger partial charge in [0.05, 0.1) is 18.8 Å². The van der Waals surface area contributed by atoms with Crippen molar-refractivity contribution in [2.24, 2.45) is 0 Å². The predicted molar refractivity (Wildman–Crippen MR) is 198 cm³/mol. The zero-order valence-corrected chi connectivity index (χ0v) is 30.7.